The number of hydrogen-bond acceptors (Lipinski definition) is 3. The van der Waals surface area contributed by atoms with Gasteiger partial charge in [-0.05, 0) is 25.0 Å². The van der Waals surface area contributed by atoms with Crippen LogP contribution in [-0.2, 0) is 20.0 Å². The van der Waals surface area contributed by atoms with Gasteiger partial charge in [0, 0.05) is 25.2 Å². The Morgan fingerprint density at radius 1 is 1.33 bits per heavy atom. The van der Waals surface area contributed by atoms with Gasteiger partial charge in [0.15, 0.2) is 11.8 Å². The first-order valence-corrected chi connectivity index (χ1v) is 8.21. The second-order valence-electron chi connectivity index (χ2n) is 5.33. The lowest BCUT2D eigenvalue weighted by molar-refractivity contribution is 0.757. The Labute approximate surface area is 147 Å². The van der Waals surface area contributed by atoms with Crippen LogP contribution in [0.3, 0.4) is 0 Å². The number of aryl methyl sites for hydroxylation is 1. The van der Waals surface area contributed by atoms with Crippen LogP contribution >= 0.6 is 11.6 Å². The first-order chi connectivity index (χ1) is 11.6. The predicted molar refractivity (Wildman–Crippen MR) is 98.2 cm³/mol. The zero-order valence-corrected chi connectivity index (χ0v) is 14.8. The van der Waals surface area contributed by atoms with E-state index in [0.29, 0.717) is 19.0 Å². The SMILES string of the molecule is C=CCNC(=NCc1nnc(C)n1C)NCCc1ccccc1Cl. The number of nitrogens with zero attached hydrogens (tertiary/aromatic N) is 4. The van der Waals surface area contributed by atoms with Crippen LogP contribution in [0.5, 0.6) is 0 Å². The molecule has 2 N–H and O–H groups in total. The maximum Gasteiger partial charge on any atom is 0.191 e. The van der Waals surface area contributed by atoms with E-state index in [-0.39, 0.29) is 0 Å². The molecule has 0 spiro atoms. The maximum absolute atomic E-state index is 6.18. The maximum atomic E-state index is 6.18. The predicted octanol–water partition coefficient (Wildman–Crippen LogP) is 2.24. The molecule has 0 unspecified atom stereocenters. The Balaban J connectivity index is 1.94. The average Bonchev–Trinajstić information content (AvgIpc) is 2.90. The Kier molecular flexibility index (Phi) is 6.81. The topological polar surface area (TPSA) is 67.1 Å². The smallest absolute Gasteiger partial charge is 0.191 e. The molecule has 0 aliphatic carbocycles. The number of aliphatic imine (C=N–C) groups is 1. The van der Waals surface area contributed by atoms with Crippen molar-refractivity contribution < 1.29 is 0 Å². The number of guanidine groups is 1. The van der Waals surface area contributed by atoms with Crippen LogP contribution in [0.2, 0.25) is 5.02 Å². The summed E-state index contributed by atoms with van der Waals surface area (Å²) in [5, 5.41) is 15.4. The summed E-state index contributed by atoms with van der Waals surface area (Å²) >= 11 is 6.18. The van der Waals surface area contributed by atoms with Gasteiger partial charge in [-0.2, -0.15) is 0 Å². The quantitative estimate of drug-likeness (QED) is 0.458. The van der Waals surface area contributed by atoms with E-state index in [2.05, 4.69) is 32.4 Å². The van der Waals surface area contributed by atoms with Crippen molar-refractivity contribution in [2.24, 2.45) is 12.0 Å². The third-order valence-electron chi connectivity index (χ3n) is 3.62. The van der Waals surface area contributed by atoms with Crippen LogP contribution in [0.25, 0.3) is 0 Å². The largest absolute Gasteiger partial charge is 0.356 e. The minimum absolute atomic E-state index is 0.454. The van der Waals surface area contributed by atoms with Crippen molar-refractivity contribution in [2.45, 2.75) is 19.9 Å². The van der Waals surface area contributed by atoms with Crippen molar-refractivity contribution in [3.8, 4) is 0 Å². The molecular weight excluding hydrogens is 324 g/mol. The Hall–Kier alpha value is -2.34. The van der Waals surface area contributed by atoms with E-state index in [1.807, 2.05) is 42.8 Å². The number of halogens is 1. The van der Waals surface area contributed by atoms with E-state index in [4.69, 9.17) is 11.6 Å². The van der Waals surface area contributed by atoms with Gasteiger partial charge in [-0.25, -0.2) is 4.99 Å². The van der Waals surface area contributed by atoms with Gasteiger partial charge in [0.1, 0.15) is 12.4 Å². The first-order valence-electron chi connectivity index (χ1n) is 7.83. The molecule has 2 rings (SSSR count). The fraction of sp³-hybridized carbons (Fsp3) is 0.353. The molecule has 0 aliphatic rings. The molecule has 0 aliphatic heterocycles. The third-order valence-corrected chi connectivity index (χ3v) is 3.99. The van der Waals surface area contributed by atoms with Crippen molar-refractivity contribution in [1.82, 2.24) is 25.4 Å². The van der Waals surface area contributed by atoms with Crippen LogP contribution in [0.1, 0.15) is 17.2 Å². The summed E-state index contributed by atoms with van der Waals surface area (Å²) in [6, 6.07) is 7.85. The van der Waals surface area contributed by atoms with Crippen LogP contribution in [0.15, 0.2) is 41.9 Å². The summed E-state index contributed by atoms with van der Waals surface area (Å²) in [5.41, 5.74) is 1.11. The molecule has 0 amide bonds. The Bertz CT molecular complexity index is 707. The highest BCUT2D eigenvalue weighted by atomic mass is 35.5. The first kappa shape index (κ1) is 18.0. The molecule has 1 aromatic carbocycles. The lowest BCUT2D eigenvalue weighted by Crippen LogP contribution is -2.38. The van der Waals surface area contributed by atoms with E-state index in [9.17, 15) is 0 Å². The fourth-order valence-corrected chi connectivity index (χ4v) is 2.33. The zero-order valence-electron chi connectivity index (χ0n) is 14.1. The highest BCUT2D eigenvalue weighted by Gasteiger charge is 2.05. The van der Waals surface area contributed by atoms with Crippen LogP contribution in [0.4, 0.5) is 0 Å². The molecule has 0 saturated carbocycles. The molecule has 1 heterocycles. The molecule has 0 radical (unpaired) electrons. The minimum Gasteiger partial charge on any atom is -0.356 e. The van der Waals surface area contributed by atoms with Crippen molar-refractivity contribution in [2.75, 3.05) is 13.1 Å². The zero-order chi connectivity index (χ0) is 17.4. The van der Waals surface area contributed by atoms with Crippen molar-refractivity contribution >= 4 is 17.6 Å². The van der Waals surface area contributed by atoms with E-state index >= 15 is 0 Å². The van der Waals surface area contributed by atoms with Gasteiger partial charge in [0.05, 0.1) is 0 Å². The molecular formula is C17H23ClN6. The highest BCUT2D eigenvalue weighted by Crippen LogP contribution is 2.14. The molecule has 24 heavy (non-hydrogen) atoms. The molecule has 1 aromatic heterocycles. The Morgan fingerprint density at radius 2 is 2.12 bits per heavy atom. The van der Waals surface area contributed by atoms with Gasteiger partial charge in [-0.3, -0.25) is 0 Å². The van der Waals surface area contributed by atoms with E-state index in [0.717, 1.165) is 35.2 Å². The molecule has 0 saturated heterocycles. The highest BCUT2D eigenvalue weighted by molar-refractivity contribution is 6.31. The molecule has 2 aromatic rings. The average molecular weight is 347 g/mol. The Morgan fingerprint density at radius 3 is 2.79 bits per heavy atom. The van der Waals surface area contributed by atoms with Gasteiger partial charge in [-0.15, -0.1) is 16.8 Å². The summed E-state index contributed by atoms with van der Waals surface area (Å²) in [5.74, 6) is 2.40. The summed E-state index contributed by atoms with van der Waals surface area (Å²) in [6.45, 7) is 7.45. The normalized spacial score (nSPS) is 11.4. The van der Waals surface area contributed by atoms with Gasteiger partial charge < -0.3 is 15.2 Å². The van der Waals surface area contributed by atoms with Gasteiger partial charge in [0.25, 0.3) is 0 Å². The molecule has 0 fully saturated rings. The molecule has 0 bridgehead atoms. The molecule has 0 atom stereocenters. The number of aromatic nitrogens is 3. The summed E-state index contributed by atoms with van der Waals surface area (Å²) in [7, 11) is 1.93. The molecule has 6 nitrogen and oxygen atoms in total. The van der Waals surface area contributed by atoms with Crippen LogP contribution < -0.4 is 10.6 Å². The second-order valence-corrected chi connectivity index (χ2v) is 5.73. The van der Waals surface area contributed by atoms with Gasteiger partial charge in [0.2, 0.25) is 0 Å². The monoisotopic (exact) mass is 346 g/mol. The van der Waals surface area contributed by atoms with Gasteiger partial charge in [-0.1, -0.05) is 35.9 Å². The van der Waals surface area contributed by atoms with E-state index < -0.39 is 0 Å². The van der Waals surface area contributed by atoms with Crippen LogP contribution in [0, 0.1) is 6.92 Å². The fourth-order valence-electron chi connectivity index (χ4n) is 2.10. The minimum atomic E-state index is 0.454. The van der Waals surface area contributed by atoms with Gasteiger partial charge >= 0.3 is 0 Å². The second kappa shape index (κ2) is 9.08. The lowest BCUT2D eigenvalue weighted by Gasteiger charge is -2.12. The number of nitrogens with one attached hydrogen (secondary N) is 2. The lowest BCUT2D eigenvalue weighted by atomic mass is 10.1. The summed E-state index contributed by atoms with van der Waals surface area (Å²) in [6.07, 6.45) is 2.61. The standard InChI is InChI=1S/C17H23ClN6/c1-4-10-19-17(21-12-16-23-22-13(2)24(16)3)20-11-9-14-7-5-6-8-15(14)18/h4-8H,1,9-12H2,2-3H3,(H2,19,20,21). The summed E-state index contributed by atoms with van der Waals surface area (Å²) < 4.78 is 1.93. The number of benzene rings is 1. The van der Waals surface area contributed by atoms with E-state index in [1.54, 1.807) is 6.08 Å². The van der Waals surface area contributed by atoms with Crippen molar-refractivity contribution in [1.29, 1.82) is 0 Å². The number of hydrogen-bond donors (Lipinski definition) is 2. The summed E-state index contributed by atoms with van der Waals surface area (Å²) in [4.78, 5) is 4.55. The van der Waals surface area contributed by atoms with Crippen molar-refractivity contribution in [3.63, 3.8) is 0 Å². The molecule has 7 heteroatoms. The van der Waals surface area contributed by atoms with E-state index in [1.165, 1.54) is 0 Å². The van der Waals surface area contributed by atoms with Crippen LogP contribution in [-0.4, -0.2) is 33.8 Å². The van der Waals surface area contributed by atoms with Crippen molar-refractivity contribution in [3.05, 3.63) is 59.2 Å². The number of rotatable bonds is 7. The third kappa shape index (κ3) is 5.09. The molecule has 128 valence electrons.